The highest BCUT2D eigenvalue weighted by Gasteiger charge is 2.27. The Bertz CT molecular complexity index is 217. The summed E-state index contributed by atoms with van der Waals surface area (Å²) in [4.78, 5) is 13.5. The first kappa shape index (κ1) is 12.3. The average molecular weight is 215 g/mol. The highest BCUT2D eigenvalue weighted by atomic mass is 16.6. The molecule has 88 valence electrons. The molecule has 4 heteroatoms. The molecule has 0 saturated carbocycles. The Morgan fingerprint density at radius 3 is 2.33 bits per heavy atom. The first-order chi connectivity index (χ1) is 6.90. The van der Waals surface area contributed by atoms with Crippen molar-refractivity contribution in [3.05, 3.63) is 0 Å². The van der Waals surface area contributed by atoms with Crippen molar-refractivity contribution in [2.45, 2.75) is 45.3 Å². The highest BCUT2D eigenvalue weighted by molar-refractivity contribution is 5.68. The summed E-state index contributed by atoms with van der Waals surface area (Å²) in [5.41, 5.74) is -0.397. The maximum absolute atomic E-state index is 11.8. The van der Waals surface area contributed by atoms with E-state index in [1.807, 2.05) is 27.8 Å². The van der Waals surface area contributed by atoms with Gasteiger partial charge in [-0.3, -0.25) is 0 Å². The van der Waals surface area contributed by atoms with Crippen LogP contribution in [0.2, 0.25) is 0 Å². The number of carbonyl (C=O) groups excluding carboxylic acids is 1. The minimum Gasteiger partial charge on any atom is -0.444 e. The fraction of sp³-hybridized carbons (Fsp3) is 0.909. The summed E-state index contributed by atoms with van der Waals surface area (Å²) in [5.74, 6) is 0. The van der Waals surface area contributed by atoms with Gasteiger partial charge in [0.25, 0.3) is 0 Å². The lowest BCUT2D eigenvalue weighted by Gasteiger charge is -2.31. The van der Waals surface area contributed by atoms with E-state index in [0.717, 1.165) is 25.9 Å². The minimum atomic E-state index is -0.397. The van der Waals surface area contributed by atoms with Gasteiger partial charge < -0.3 is 15.0 Å². The Hall–Kier alpha value is -0.770. The van der Waals surface area contributed by atoms with E-state index in [4.69, 9.17) is 4.74 Å². The number of carbonyl (C=O) groups is 1. The molecule has 0 unspecified atom stereocenters. The Balaban J connectivity index is 2.44. The third kappa shape index (κ3) is 4.08. The summed E-state index contributed by atoms with van der Waals surface area (Å²) in [7, 11) is 1.84. The molecule has 1 rings (SSSR count). The fourth-order valence-corrected chi connectivity index (χ4v) is 1.78. The Kier molecular flexibility index (Phi) is 3.97. The van der Waals surface area contributed by atoms with E-state index >= 15 is 0 Å². The van der Waals surface area contributed by atoms with Gasteiger partial charge in [0, 0.05) is 25.9 Å². The number of nitrogens with zero attached hydrogens (tertiary/aromatic N) is 1. The summed E-state index contributed by atoms with van der Waals surface area (Å²) < 4.78 is 5.33. The van der Waals surface area contributed by atoms with Crippen LogP contribution in [0.15, 0.2) is 0 Å². The molecule has 0 radical (unpaired) electrons. The summed E-state index contributed by atoms with van der Waals surface area (Å²) in [6.45, 7) is 7.91. The number of rotatable bonds is 1. The van der Waals surface area contributed by atoms with Gasteiger partial charge in [-0.2, -0.15) is 0 Å². The third-order valence-corrected chi connectivity index (χ3v) is 2.64. The Morgan fingerprint density at radius 2 is 1.87 bits per heavy atom. The van der Waals surface area contributed by atoms with Gasteiger partial charge in [-0.15, -0.1) is 0 Å². The summed E-state index contributed by atoms with van der Waals surface area (Å²) >= 11 is 0. The number of nitrogens with two attached hydrogens (primary N) is 1. The predicted octanol–water partition coefficient (Wildman–Crippen LogP) is 0.579. The molecule has 1 aliphatic heterocycles. The zero-order valence-electron chi connectivity index (χ0n) is 10.2. The monoisotopic (exact) mass is 215 g/mol. The minimum absolute atomic E-state index is 0.200. The van der Waals surface area contributed by atoms with Gasteiger partial charge in [0.1, 0.15) is 5.60 Å². The Morgan fingerprint density at radius 1 is 1.33 bits per heavy atom. The van der Waals surface area contributed by atoms with Gasteiger partial charge in [-0.25, -0.2) is 4.79 Å². The molecule has 0 spiro atoms. The van der Waals surface area contributed by atoms with E-state index in [9.17, 15) is 4.79 Å². The van der Waals surface area contributed by atoms with E-state index in [-0.39, 0.29) is 6.09 Å². The SMILES string of the molecule is CN(C(=O)OC(C)(C)C)C1CC[NH2+]CC1. The van der Waals surface area contributed by atoms with Crippen molar-refractivity contribution in [3.8, 4) is 0 Å². The number of quaternary nitrogens is 1. The third-order valence-electron chi connectivity index (χ3n) is 2.64. The summed E-state index contributed by atoms with van der Waals surface area (Å²) in [6.07, 6.45) is 1.93. The second kappa shape index (κ2) is 4.84. The van der Waals surface area contributed by atoms with E-state index < -0.39 is 5.60 Å². The van der Waals surface area contributed by atoms with E-state index in [1.165, 1.54) is 0 Å². The molecule has 15 heavy (non-hydrogen) atoms. The van der Waals surface area contributed by atoms with Crippen LogP contribution in [0.25, 0.3) is 0 Å². The van der Waals surface area contributed by atoms with Crippen molar-refractivity contribution >= 4 is 6.09 Å². The lowest BCUT2D eigenvalue weighted by molar-refractivity contribution is -0.663. The second-order valence-corrected chi connectivity index (χ2v) is 5.19. The molecule has 0 aromatic rings. The average Bonchev–Trinajstić information content (AvgIpc) is 2.15. The van der Waals surface area contributed by atoms with Crippen LogP contribution in [0.3, 0.4) is 0 Å². The number of ether oxygens (including phenoxy) is 1. The van der Waals surface area contributed by atoms with Gasteiger partial charge >= 0.3 is 6.09 Å². The lowest BCUT2D eigenvalue weighted by atomic mass is 10.1. The topological polar surface area (TPSA) is 46.2 Å². The molecule has 0 aliphatic carbocycles. The molecular formula is C11H23N2O2+. The van der Waals surface area contributed by atoms with Crippen molar-refractivity contribution in [1.82, 2.24) is 4.90 Å². The molecule has 2 N–H and O–H groups in total. The van der Waals surface area contributed by atoms with E-state index in [2.05, 4.69) is 5.32 Å². The maximum Gasteiger partial charge on any atom is 0.410 e. The normalized spacial score (nSPS) is 18.7. The van der Waals surface area contributed by atoms with Gasteiger partial charge in [0.15, 0.2) is 0 Å². The van der Waals surface area contributed by atoms with Gasteiger partial charge in [0.05, 0.1) is 13.1 Å². The lowest BCUT2D eigenvalue weighted by Crippen LogP contribution is -2.87. The van der Waals surface area contributed by atoms with Crippen LogP contribution >= 0.6 is 0 Å². The van der Waals surface area contributed by atoms with Crippen molar-refractivity contribution < 1.29 is 14.8 Å². The molecule has 0 aromatic carbocycles. The largest absolute Gasteiger partial charge is 0.444 e. The van der Waals surface area contributed by atoms with Crippen LogP contribution in [0.5, 0.6) is 0 Å². The molecule has 1 amide bonds. The Labute approximate surface area is 92.0 Å². The molecule has 1 saturated heterocycles. The molecule has 4 nitrogen and oxygen atoms in total. The molecule has 1 aliphatic rings. The van der Waals surface area contributed by atoms with Crippen LogP contribution in [0, 0.1) is 0 Å². The van der Waals surface area contributed by atoms with Crippen molar-refractivity contribution in [2.75, 3.05) is 20.1 Å². The first-order valence-corrected chi connectivity index (χ1v) is 5.67. The van der Waals surface area contributed by atoms with E-state index in [0.29, 0.717) is 6.04 Å². The standard InChI is InChI=1S/C11H22N2O2/c1-11(2,3)15-10(14)13(4)9-5-7-12-8-6-9/h9,12H,5-8H2,1-4H3/p+1. The smallest absolute Gasteiger partial charge is 0.410 e. The molecule has 1 fully saturated rings. The first-order valence-electron chi connectivity index (χ1n) is 5.67. The van der Waals surface area contributed by atoms with Crippen LogP contribution in [0.1, 0.15) is 33.6 Å². The zero-order valence-corrected chi connectivity index (χ0v) is 10.2. The molecule has 0 atom stereocenters. The predicted molar refractivity (Wildman–Crippen MR) is 58.7 cm³/mol. The van der Waals surface area contributed by atoms with Crippen LogP contribution in [-0.2, 0) is 4.74 Å². The van der Waals surface area contributed by atoms with Gasteiger partial charge in [0.2, 0.25) is 0 Å². The number of piperidine rings is 1. The van der Waals surface area contributed by atoms with Crippen LogP contribution < -0.4 is 5.32 Å². The number of amides is 1. The quantitative estimate of drug-likeness (QED) is 0.695. The fourth-order valence-electron chi connectivity index (χ4n) is 1.78. The van der Waals surface area contributed by atoms with Crippen molar-refractivity contribution in [1.29, 1.82) is 0 Å². The van der Waals surface area contributed by atoms with E-state index in [1.54, 1.807) is 4.90 Å². The van der Waals surface area contributed by atoms with Crippen molar-refractivity contribution in [3.63, 3.8) is 0 Å². The van der Waals surface area contributed by atoms with Crippen LogP contribution in [-0.4, -0.2) is 42.8 Å². The number of hydrogen-bond acceptors (Lipinski definition) is 2. The molecule has 1 heterocycles. The number of hydrogen-bond donors (Lipinski definition) is 1. The maximum atomic E-state index is 11.8. The summed E-state index contributed by atoms with van der Waals surface area (Å²) in [5, 5.41) is 2.29. The van der Waals surface area contributed by atoms with Crippen molar-refractivity contribution in [2.24, 2.45) is 0 Å². The van der Waals surface area contributed by atoms with Gasteiger partial charge in [-0.1, -0.05) is 0 Å². The molecule has 0 bridgehead atoms. The zero-order chi connectivity index (χ0) is 11.5. The highest BCUT2D eigenvalue weighted by Crippen LogP contribution is 2.13. The van der Waals surface area contributed by atoms with Gasteiger partial charge in [-0.05, 0) is 20.8 Å². The summed E-state index contributed by atoms with van der Waals surface area (Å²) in [6, 6.07) is 0.352. The second-order valence-electron chi connectivity index (χ2n) is 5.19. The molecular weight excluding hydrogens is 192 g/mol. The molecule has 0 aromatic heterocycles. The van der Waals surface area contributed by atoms with Crippen LogP contribution in [0.4, 0.5) is 4.79 Å².